The van der Waals surface area contributed by atoms with Crippen LogP contribution in [0.5, 0.6) is 0 Å². The maximum Gasteiger partial charge on any atom is 0.323 e. The Labute approximate surface area is 124 Å². The van der Waals surface area contributed by atoms with Crippen molar-refractivity contribution in [2.45, 2.75) is 38.6 Å². The van der Waals surface area contributed by atoms with Crippen molar-refractivity contribution in [3.8, 4) is 0 Å². The first-order chi connectivity index (χ1) is 9.31. The number of thioether (sulfide) groups is 1. The molecule has 0 saturated heterocycles. The van der Waals surface area contributed by atoms with Crippen molar-refractivity contribution >= 4 is 23.6 Å². The van der Waals surface area contributed by atoms with Gasteiger partial charge in [0.15, 0.2) is 0 Å². The number of hydrogen-bond acceptors (Lipinski definition) is 3. The summed E-state index contributed by atoms with van der Waals surface area (Å²) in [5, 5.41) is 8.84. The summed E-state index contributed by atoms with van der Waals surface area (Å²) in [6.45, 7) is 7.44. The molecule has 1 amide bonds. The standard InChI is InChI=1S/C15H21NO3S/c1-10(2)16(8-15(18)19)14(17)9-20-13-6-5-11(3)7-12(13)4/h5-7,10H,8-9H2,1-4H3,(H,18,19). The molecule has 0 radical (unpaired) electrons. The van der Waals surface area contributed by atoms with E-state index in [2.05, 4.69) is 6.07 Å². The molecule has 1 N–H and O–H groups in total. The van der Waals surface area contributed by atoms with Gasteiger partial charge in [0.25, 0.3) is 0 Å². The number of benzene rings is 1. The molecule has 20 heavy (non-hydrogen) atoms. The number of aryl methyl sites for hydroxylation is 2. The van der Waals surface area contributed by atoms with Gasteiger partial charge in [0.2, 0.25) is 5.91 Å². The highest BCUT2D eigenvalue weighted by molar-refractivity contribution is 8.00. The molecular weight excluding hydrogens is 274 g/mol. The van der Waals surface area contributed by atoms with Gasteiger partial charge in [0, 0.05) is 10.9 Å². The van der Waals surface area contributed by atoms with E-state index in [0.29, 0.717) is 0 Å². The summed E-state index contributed by atoms with van der Waals surface area (Å²) in [5.74, 6) is -0.869. The SMILES string of the molecule is Cc1ccc(SCC(=O)N(CC(=O)O)C(C)C)c(C)c1. The maximum absolute atomic E-state index is 12.1. The van der Waals surface area contributed by atoms with Crippen LogP contribution in [0.2, 0.25) is 0 Å². The van der Waals surface area contributed by atoms with Crippen LogP contribution in [0.4, 0.5) is 0 Å². The number of nitrogens with zero attached hydrogens (tertiary/aromatic N) is 1. The second-order valence-corrected chi connectivity index (χ2v) is 6.08. The minimum absolute atomic E-state index is 0.113. The Morgan fingerprint density at radius 3 is 2.45 bits per heavy atom. The molecule has 0 heterocycles. The Morgan fingerprint density at radius 2 is 1.95 bits per heavy atom. The predicted octanol–water partition coefficient (Wildman–Crippen LogP) is 2.72. The number of aliphatic carboxylic acids is 1. The van der Waals surface area contributed by atoms with Gasteiger partial charge in [-0.3, -0.25) is 9.59 Å². The minimum Gasteiger partial charge on any atom is -0.480 e. The van der Waals surface area contributed by atoms with Crippen LogP contribution >= 0.6 is 11.8 Å². The molecule has 110 valence electrons. The third-order valence-electron chi connectivity index (χ3n) is 2.93. The third kappa shape index (κ3) is 4.89. The molecule has 1 aromatic rings. The van der Waals surface area contributed by atoms with Crippen LogP contribution in [-0.2, 0) is 9.59 Å². The van der Waals surface area contributed by atoms with E-state index in [-0.39, 0.29) is 24.2 Å². The molecular formula is C15H21NO3S. The van der Waals surface area contributed by atoms with Crippen molar-refractivity contribution in [1.29, 1.82) is 0 Å². The van der Waals surface area contributed by atoms with Gasteiger partial charge in [-0.05, 0) is 39.3 Å². The van der Waals surface area contributed by atoms with E-state index in [1.807, 2.05) is 39.8 Å². The smallest absolute Gasteiger partial charge is 0.323 e. The number of carbonyl (C=O) groups excluding carboxylic acids is 1. The quantitative estimate of drug-likeness (QED) is 0.820. The molecule has 0 aliphatic rings. The van der Waals surface area contributed by atoms with Gasteiger partial charge < -0.3 is 10.0 Å². The van der Waals surface area contributed by atoms with Gasteiger partial charge in [0.05, 0.1) is 5.75 Å². The zero-order valence-corrected chi connectivity index (χ0v) is 13.2. The van der Waals surface area contributed by atoms with Crippen LogP contribution in [0.3, 0.4) is 0 Å². The Kier molecular flexibility index (Phi) is 6.07. The number of hydrogen-bond donors (Lipinski definition) is 1. The summed E-state index contributed by atoms with van der Waals surface area (Å²) in [6, 6.07) is 5.97. The average Bonchev–Trinajstić information content (AvgIpc) is 2.34. The number of carboxylic acids is 1. The van der Waals surface area contributed by atoms with Crippen molar-refractivity contribution in [2.24, 2.45) is 0 Å². The molecule has 0 atom stereocenters. The van der Waals surface area contributed by atoms with E-state index in [1.54, 1.807) is 0 Å². The monoisotopic (exact) mass is 295 g/mol. The Hall–Kier alpha value is -1.49. The van der Waals surface area contributed by atoms with Crippen LogP contribution in [0, 0.1) is 13.8 Å². The zero-order chi connectivity index (χ0) is 15.3. The molecule has 0 spiro atoms. The largest absolute Gasteiger partial charge is 0.480 e. The van der Waals surface area contributed by atoms with Gasteiger partial charge in [-0.15, -0.1) is 11.8 Å². The van der Waals surface area contributed by atoms with Crippen molar-refractivity contribution in [1.82, 2.24) is 4.90 Å². The molecule has 1 aromatic carbocycles. The number of amides is 1. The van der Waals surface area contributed by atoms with Crippen molar-refractivity contribution in [3.05, 3.63) is 29.3 Å². The lowest BCUT2D eigenvalue weighted by Gasteiger charge is -2.24. The van der Waals surface area contributed by atoms with Crippen LogP contribution in [0.25, 0.3) is 0 Å². The fraction of sp³-hybridized carbons (Fsp3) is 0.467. The highest BCUT2D eigenvalue weighted by atomic mass is 32.2. The molecule has 0 bridgehead atoms. The number of carbonyl (C=O) groups is 2. The molecule has 0 aliphatic carbocycles. The van der Waals surface area contributed by atoms with E-state index in [4.69, 9.17) is 5.11 Å². The zero-order valence-electron chi connectivity index (χ0n) is 12.3. The summed E-state index contributed by atoms with van der Waals surface area (Å²) in [6.07, 6.45) is 0. The van der Waals surface area contributed by atoms with E-state index in [0.717, 1.165) is 10.5 Å². The molecule has 0 aromatic heterocycles. The summed E-state index contributed by atoms with van der Waals surface area (Å²) in [4.78, 5) is 25.3. The Morgan fingerprint density at radius 1 is 1.30 bits per heavy atom. The number of carboxylic acid groups (broad SMARTS) is 1. The first-order valence-corrected chi connectivity index (χ1v) is 7.51. The van der Waals surface area contributed by atoms with Crippen LogP contribution < -0.4 is 0 Å². The summed E-state index contributed by atoms with van der Waals surface area (Å²) in [5.41, 5.74) is 2.32. The Balaban J connectivity index is 2.67. The molecule has 0 unspecified atom stereocenters. The van der Waals surface area contributed by atoms with E-state index in [1.165, 1.54) is 22.2 Å². The van der Waals surface area contributed by atoms with Crippen molar-refractivity contribution in [3.63, 3.8) is 0 Å². The number of rotatable bonds is 6. The second-order valence-electron chi connectivity index (χ2n) is 5.07. The van der Waals surface area contributed by atoms with Crippen molar-refractivity contribution in [2.75, 3.05) is 12.3 Å². The average molecular weight is 295 g/mol. The van der Waals surface area contributed by atoms with Crippen molar-refractivity contribution < 1.29 is 14.7 Å². The molecule has 4 nitrogen and oxygen atoms in total. The lowest BCUT2D eigenvalue weighted by molar-refractivity contribution is -0.144. The van der Waals surface area contributed by atoms with Gasteiger partial charge >= 0.3 is 5.97 Å². The summed E-state index contributed by atoms with van der Waals surface area (Å²) in [7, 11) is 0. The van der Waals surface area contributed by atoms with Gasteiger partial charge in [-0.2, -0.15) is 0 Å². The topological polar surface area (TPSA) is 57.6 Å². The van der Waals surface area contributed by atoms with Gasteiger partial charge in [0.1, 0.15) is 6.54 Å². The highest BCUT2D eigenvalue weighted by Gasteiger charge is 2.19. The lowest BCUT2D eigenvalue weighted by atomic mass is 10.2. The second kappa shape index (κ2) is 7.33. The van der Waals surface area contributed by atoms with E-state index in [9.17, 15) is 9.59 Å². The third-order valence-corrected chi connectivity index (χ3v) is 4.09. The molecule has 0 fully saturated rings. The van der Waals surface area contributed by atoms with Crippen LogP contribution in [-0.4, -0.2) is 40.2 Å². The molecule has 0 aliphatic heterocycles. The fourth-order valence-electron chi connectivity index (χ4n) is 1.89. The predicted molar refractivity (Wildman–Crippen MR) is 81.1 cm³/mol. The van der Waals surface area contributed by atoms with E-state index >= 15 is 0 Å². The molecule has 0 saturated carbocycles. The van der Waals surface area contributed by atoms with Gasteiger partial charge in [-0.25, -0.2) is 0 Å². The normalized spacial score (nSPS) is 10.7. The van der Waals surface area contributed by atoms with E-state index < -0.39 is 5.97 Å². The first-order valence-electron chi connectivity index (χ1n) is 6.52. The molecule has 5 heteroatoms. The lowest BCUT2D eigenvalue weighted by Crippen LogP contribution is -2.41. The fourth-order valence-corrected chi connectivity index (χ4v) is 2.78. The molecule has 1 rings (SSSR count). The minimum atomic E-state index is -0.983. The summed E-state index contributed by atoms with van der Waals surface area (Å²) < 4.78 is 0. The highest BCUT2D eigenvalue weighted by Crippen LogP contribution is 2.23. The first kappa shape index (κ1) is 16.6. The van der Waals surface area contributed by atoms with Crippen LogP contribution in [0.15, 0.2) is 23.1 Å². The summed E-state index contributed by atoms with van der Waals surface area (Å²) >= 11 is 1.45. The van der Waals surface area contributed by atoms with Crippen LogP contribution in [0.1, 0.15) is 25.0 Å². The van der Waals surface area contributed by atoms with Gasteiger partial charge in [-0.1, -0.05) is 17.7 Å². The maximum atomic E-state index is 12.1. The Bertz CT molecular complexity index is 500.